The molecule has 0 spiro atoms. The number of amides is 1. The highest BCUT2D eigenvalue weighted by Crippen LogP contribution is 2.25. The third-order valence-electron chi connectivity index (χ3n) is 2.75. The number of para-hydroxylation sites is 2. The van der Waals surface area contributed by atoms with Gasteiger partial charge in [-0.15, -0.1) is 0 Å². The summed E-state index contributed by atoms with van der Waals surface area (Å²) in [6, 6.07) is 10.2. The second-order valence-electron chi connectivity index (χ2n) is 4.40. The Morgan fingerprint density at radius 3 is 2.61 bits per heavy atom. The highest BCUT2D eigenvalue weighted by atomic mass is 79.9. The van der Waals surface area contributed by atoms with E-state index in [1.54, 1.807) is 12.1 Å². The molecule has 0 bridgehead atoms. The van der Waals surface area contributed by atoms with E-state index < -0.39 is 18.3 Å². The van der Waals surface area contributed by atoms with Gasteiger partial charge in [-0.2, -0.15) is 8.78 Å². The van der Waals surface area contributed by atoms with E-state index in [9.17, 15) is 18.0 Å². The molecule has 0 aliphatic rings. The van der Waals surface area contributed by atoms with Crippen molar-refractivity contribution in [3.8, 4) is 5.75 Å². The minimum Gasteiger partial charge on any atom is -0.433 e. The summed E-state index contributed by atoms with van der Waals surface area (Å²) in [5.74, 6) is -1.20. The van der Waals surface area contributed by atoms with Crippen molar-refractivity contribution in [2.75, 3.05) is 17.2 Å². The van der Waals surface area contributed by atoms with Crippen LogP contribution in [0.4, 0.5) is 24.5 Å². The van der Waals surface area contributed by atoms with Crippen LogP contribution in [0.5, 0.6) is 5.75 Å². The summed E-state index contributed by atoms with van der Waals surface area (Å²) in [6.45, 7) is -3.23. The molecule has 0 heterocycles. The van der Waals surface area contributed by atoms with Gasteiger partial charge in [-0.1, -0.05) is 28.1 Å². The zero-order valence-corrected chi connectivity index (χ0v) is 13.2. The summed E-state index contributed by atoms with van der Waals surface area (Å²) in [5, 5.41) is 5.05. The van der Waals surface area contributed by atoms with E-state index in [-0.39, 0.29) is 23.7 Å². The first-order valence-corrected chi connectivity index (χ1v) is 7.27. The molecule has 0 atom stereocenters. The molecule has 2 aromatic carbocycles. The first kappa shape index (κ1) is 17.1. The highest BCUT2D eigenvalue weighted by Gasteiger charge is 2.12. The fourth-order valence-electron chi connectivity index (χ4n) is 1.77. The number of nitrogens with one attached hydrogen (secondary N) is 2. The fourth-order valence-corrected chi connectivity index (χ4v) is 2.10. The van der Waals surface area contributed by atoms with Gasteiger partial charge >= 0.3 is 6.61 Å². The summed E-state index contributed by atoms with van der Waals surface area (Å²) in [7, 11) is 0. The standard InChI is InChI=1S/C15H12BrF3N2O2/c16-9-5-6-11(10(17)7-9)20-8-14(22)21-12-3-1-2-4-13(12)23-15(18)19/h1-7,15,20H,8H2,(H,21,22). The molecule has 2 N–H and O–H groups in total. The first-order chi connectivity index (χ1) is 11.0. The van der Waals surface area contributed by atoms with Crippen molar-refractivity contribution in [1.29, 1.82) is 0 Å². The van der Waals surface area contributed by atoms with Gasteiger partial charge < -0.3 is 15.4 Å². The number of anilines is 2. The van der Waals surface area contributed by atoms with Gasteiger partial charge in [-0.25, -0.2) is 4.39 Å². The molecular formula is C15H12BrF3N2O2. The number of carbonyl (C=O) groups is 1. The number of hydrogen-bond acceptors (Lipinski definition) is 3. The number of carbonyl (C=O) groups excluding carboxylic acids is 1. The van der Waals surface area contributed by atoms with Crippen LogP contribution in [-0.2, 0) is 4.79 Å². The minimum absolute atomic E-state index is 0.107. The van der Waals surface area contributed by atoms with Crippen LogP contribution in [0.25, 0.3) is 0 Å². The number of halogens is 4. The molecule has 2 aromatic rings. The number of alkyl halides is 2. The summed E-state index contributed by atoms with van der Waals surface area (Å²) in [6.07, 6.45) is 0. The van der Waals surface area contributed by atoms with Crippen LogP contribution in [0.3, 0.4) is 0 Å². The Morgan fingerprint density at radius 2 is 1.91 bits per heavy atom. The lowest BCUT2D eigenvalue weighted by Gasteiger charge is -2.12. The number of benzene rings is 2. The van der Waals surface area contributed by atoms with E-state index in [4.69, 9.17) is 0 Å². The molecule has 23 heavy (non-hydrogen) atoms. The minimum atomic E-state index is -3.00. The predicted molar refractivity (Wildman–Crippen MR) is 84.3 cm³/mol. The molecule has 8 heteroatoms. The summed E-state index contributed by atoms with van der Waals surface area (Å²) in [4.78, 5) is 11.9. The number of rotatable bonds is 6. The van der Waals surface area contributed by atoms with Crippen LogP contribution in [0.1, 0.15) is 0 Å². The molecule has 4 nitrogen and oxygen atoms in total. The van der Waals surface area contributed by atoms with Crippen LogP contribution in [0.15, 0.2) is 46.9 Å². The third-order valence-corrected chi connectivity index (χ3v) is 3.24. The Kier molecular flexibility index (Phi) is 5.86. The second-order valence-corrected chi connectivity index (χ2v) is 5.32. The Labute approximate surface area is 138 Å². The Balaban J connectivity index is 1.97. The van der Waals surface area contributed by atoms with E-state index >= 15 is 0 Å². The maximum absolute atomic E-state index is 13.6. The van der Waals surface area contributed by atoms with Crippen LogP contribution in [0, 0.1) is 5.82 Å². The normalized spacial score (nSPS) is 10.5. The van der Waals surface area contributed by atoms with Crippen molar-refractivity contribution in [1.82, 2.24) is 0 Å². The quantitative estimate of drug-likeness (QED) is 0.777. The Morgan fingerprint density at radius 1 is 1.17 bits per heavy atom. The van der Waals surface area contributed by atoms with Gasteiger partial charge in [0.2, 0.25) is 5.91 Å². The van der Waals surface area contributed by atoms with E-state index in [1.807, 2.05) is 0 Å². The van der Waals surface area contributed by atoms with Gasteiger partial charge in [0.05, 0.1) is 17.9 Å². The summed E-state index contributed by atoms with van der Waals surface area (Å²) >= 11 is 3.13. The Bertz CT molecular complexity index is 698. The van der Waals surface area contributed by atoms with Crippen molar-refractivity contribution in [3.05, 3.63) is 52.8 Å². The second kappa shape index (κ2) is 7.87. The predicted octanol–water partition coefficient (Wildman–Crippen LogP) is 4.24. The van der Waals surface area contributed by atoms with Crippen LogP contribution < -0.4 is 15.4 Å². The molecule has 0 unspecified atom stereocenters. The van der Waals surface area contributed by atoms with Crippen LogP contribution >= 0.6 is 15.9 Å². The summed E-state index contributed by atoms with van der Waals surface area (Å²) < 4.78 is 43.1. The average Bonchev–Trinajstić information content (AvgIpc) is 2.48. The molecule has 0 aromatic heterocycles. The van der Waals surface area contributed by atoms with E-state index in [0.29, 0.717) is 4.47 Å². The average molecular weight is 389 g/mol. The van der Waals surface area contributed by atoms with Crippen molar-refractivity contribution in [2.45, 2.75) is 6.61 Å². The van der Waals surface area contributed by atoms with Crippen molar-refractivity contribution in [2.24, 2.45) is 0 Å². The lowest BCUT2D eigenvalue weighted by atomic mass is 10.3. The maximum atomic E-state index is 13.6. The van der Waals surface area contributed by atoms with Crippen molar-refractivity contribution >= 4 is 33.2 Å². The molecule has 2 rings (SSSR count). The molecule has 0 aliphatic carbocycles. The van der Waals surface area contributed by atoms with E-state index in [2.05, 4.69) is 31.3 Å². The Hall–Kier alpha value is -2.22. The smallest absolute Gasteiger partial charge is 0.387 e. The monoisotopic (exact) mass is 388 g/mol. The van der Waals surface area contributed by atoms with Gasteiger partial charge in [0.1, 0.15) is 11.6 Å². The SMILES string of the molecule is O=C(CNc1ccc(Br)cc1F)Nc1ccccc1OC(F)F. The van der Waals surface area contributed by atoms with Gasteiger partial charge in [0.15, 0.2) is 0 Å². The molecule has 1 amide bonds. The number of ether oxygens (including phenoxy) is 1. The number of hydrogen-bond donors (Lipinski definition) is 2. The zero-order chi connectivity index (χ0) is 16.8. The summed E-state index contributed by atoms with van der Waals surface area (Å²) in [5.41, 5.74) is 0.261. The topological polar surface area (TPSA) is 50.4 Å². The molecule has 0 saturated carbocycles. The zero-order valence-electron chi connectivity index (χ0n) is 11.7. The van der Waals surface area contributed by atoms with Crippen LogP contribution in [-0.4, -0.2) is 19.1 Å². The molecule has 122 valence electrons. The lowest BCUT2D eigenvalue weighted by molar-refractivity contribution is -0.114. The van der Waals surface area contributed by atoms with E-state index in [0.717, 1.165) is 0 Å². The molecule has 0 saturated heterocycles. The molecule has 0 fully saturated rings. The first-order valence-electron chi connectivity index (χ1n) is 6.48. The molecule has 0 radical (unpaired) electrons. The lowest BCUT2D eigenvalue weighted by Crippen LogP contribution is -2.22. The van der Waals surface area contributed by atoms with Crippen LogP contribution in [0.2, 0.25) is 0 Å². The van der Waals surface area contributed by atoms with Crippen molar-refractivity contribution < 1.29 is 22.7 Å². The molecule has 0 aliphatic heterocycles. The van der Waals surface area contributed by atoms with Gasteiger partial charge in [0.25, 0.3) is 0 Å². The molecular weight excluding hydrogens is 377 g/mol. The van der Waals surface area contributed by atoms with E-state index in [1.165, 1.54) is 30.3 Å². The van der Waals surface area contributed by atoms with Gasteiger partial charge in [-0.05, 0) is 30.3 Å². The van der Waals surface area contributed by atoms with Gasteiger partial charge in [-0.3, -0.25) is 4.79 Å². The maximum Gasteiger partial charge on any atom is 0.387 e. The highest BCUT2D eigenvalue weighted by molar-refractivity contribution is 9.10. The largest absolute Gasteiger partial charge is 0.433 e. The third kappa shape index (κ3) is 5.17. The van der Waals surface area contributed by atoms with Gasteiger partial charge in [0, 0.05) is 4.47 Å². The van der Waals surface area contributed by atoms with Crippen molar-refractivity contribution in [3.63, 3.8) is 0 Å². The fraction of sp³-hybridized carbons (Fsp3) is 0.133.